The predicted octanol–water partition coefficient (Wildman–Crippen LogP) is 4.34. The minimum absolute atomic E-state index is 0.0346. The molecule has 5 nitrogen and oxygen atoms in total. The van der Waals surface area contributed by atoms with E-state index in [-0.39, 0.29) is 12.6 Å². The molecule has 2 aliphatic rings. The zero-order valence-electron chi connectivity index (χ0n) is 16.6. The number of nitrogens with one attached hydrogen (secondary N) is 1. The molecule has 2 heterocycles. The molecule has 0 unspecified atom stereocenters. The van der Waals surface area contributed by atoms with Gasteiger partial charge in [0.15, 0.2) is 0 Å². The normalized spacial score (nSPS) is 21.8. The summed E-state index contributed by atoms with van der Waals surface area (Å²) in [6.45, 7) is 7.79. The van der Waals surface area contributed by atoms with E-state index >= 15 is 0 Å². The minimum atomic E-state index is -0.506. The van der Waals surface area contributed by atoms with Crippen LogP contribution in [0, 0.1) is 5.41 Å². The van der Waals surface area contributed by atoms with E-state index in [1.165, 1.54) is 12.8 Å². The Hall–Kier alpha value is -0.980. The third kappa shape index (κ3) is 5.09. The van der Waals surface area contributed by atoms with Gasteiger partial charge in [-0.2, -0.15) is 0 Å². The molecule has 0 radical (unpaired) electrons. The Kier molecular flexibility index (Phi) is 6.28. The van der Waals surface area contributed by atoms with E-state index in [9.17, 15) is 4.79 Å². The molecule has 1 aromatic heterocycles. The summed E-state index contributed by atoms with van der Waals surface area (Å²) in [6.07, 6.45) is 8.26. The van der Waals surface area contributed by atoms with Crippen LogP contribution in [-0.2, 0) is 19.9 Å². The maximum absolute atomic E-state index is 12.3. The number of rotatable bonds is 4. The highest BCUT2D eigenvalue weighted by Gasteiger charge is 2.46. The Morgan fingerprint density at radius 1 is 1.19 bits per heavy atom. The maximum atomic E-state index is 12.3. The van der Waals surface area contributed by atoms with E-state index in [4.69, 9.17) is 9.47 Å². The number of carbonyl (C=O) groups is 1. The smallest absolute Gasteiger partial charge is 0.332 e. The van der Waals surface area contributed by atoms with Gasteiger partial charge in [0, 0.05) is 11.8 Å². The quantitative estimate of drug-likeness (QED) is 0.559. The molecule has 1 N–H and O–H groups in total. The third-order valence-electron chi connectivity index (χ3n) is 5.92. The summed E-state index contributed by atoms with van der Waals surface area (Å²) in [6, 6.07) is 4.00. The van der Waals surface area contributed by atoms with Crippen molar-refractivity contribution < 1.29 is 14.3 Å². The Morgan fingerprint density at radius 2 is 1.85 bits per heavy atom. The molecule has 1 spiro atoms. The summed E-state index contributed by atoms with van der Waals surface area (Å²) < 4.78 is 12.6. The van der Waals surface area contributed by atoms with E-state index in [1.54, 1.807) is 6.20 Å². The van der Waals surface area contributed by atoms with E-state index in [0.29, 0.717) is 5.41 Å². The summed E-state index contributed by atoms with van der Waals surface area (Å²) in [5.41, 5.74) is 0.463. The Bertz CT molecular complexity index is 656. The first-order valence-corrected chi connectivity index (χ1v) is 10.7. The summed E-state index contributed by atoms with van der Waals surface area (Å²) in [4.78, 5) is 16.7. The van der Waals surface area contributed by atoms with E-state index < -0.39 is 11.2 Å². The molecule has 27 heavy (non-hydrogen) atoms. The number of ether oxygens (including phenoxy) is 2. The van der Waals surface area contributed by atoms with Crippen molar-refractivity contribution in [1.82, 2.24) is 10.3 Å². The lowest BCUT2D eigenvalue weighted by Gasteiger charge is -2.48. The van der Waals surface area contributed by atoms with Crippen molar-refractivity contribution in [2.45, 2.75) is 70.5 Å². The fourth-order valence-corrected chi connectivity index (χ4v) is 5.04. The molecule has 3 rings (SSSR count). The van der Waals surface area contributed by atoms with E-state index in [2.05, 4.69) is 32.3 Å². The molecule has 0 aromatic carbocycles. The Labute approximate surface area is 170 Å². The van der Waals surface area contributed by atoms with Crippen LogP contribution in [0.3, 0.4) is 0 Å². The molecule has 0 atom stereocenters. The van der Waals surface area contributed by atoms with Crippen LogP contribution >= 0.6 is 15.9 Å². The van der Waals surface area contributed by atoms with Crippen LogP contribution in [0.5, 0.6) is 0 Å². The van der Waals surface area contributed by atoms with Gasteiger partial charge in [0.25, 0.3) is 0 Å². The van der Waals surface area contributed by atoms with Gasteiger partial charge in [0.2, 0.25) is 0 Å². The second-order valence-corrected chi connectivity index (χ2v) is 9.71. The number of hydrogen-bond donors (Lipinski definition) is 1. The molecule has 1 aliphatic heterocycles. The van der Waals surface area contributed by atoms with E-state index in [1.807, 2.05) is 26.8 Å². The number of pyridine rings is 1. The summed E-state index contributed by atoms with van der Waals surface area (Å²) >= 11 is 3.59. The molecule has 0 bridgehead atoms. The Balaban J connectivity index is 1.77. The van der Waals surface area contributed by atoms with Gasteiger partial charge in [-0.15, -0.1) is 0 Å². The van der Waals surface area contributed by atoms with Crippen LogP contribution in [0.25, 0.3) is 0 Å². The topological polar surface area (TPSA) is 60.5 Å². The molecule has 2 fully saturated rings. The lowest BCUT2D eigenvalue weighted by Crippen LogP contribution is -2.45. The molecule has 150 valence electrons. The first kappa shape index (κ1) is 20.7. The van der Waals surface area contributed by atoms with Gasteiger partial charge in [0.05, 0.1) is 5.60 Å². The van der Waals surface area contributed by atoms with E-state index in [0.717, 1.165) is 48.9 Å². The van der Waals surface area contributed by atoms with Crippen LogP contribution in [0.1, 0.15) is 64.9 Å². The van der Waals surface area contributed by atoms with Crippen molar-refractivity contribution in [3.05, 3.63) is 28.5 Å². The largest absolute Gasteiger partial charge is 0.458 e. The molecule has 1 saturated heterocycles. The van der Waals surface area contributed by atoms with Gasteiger partial charge in [0.1, 0.15) is 16.8 Å². The summed E-state index contributed by atoms with van der Waals surface area (Å²) in [5, 5.41) is 3.47. The molecular weight excluding hydrogens is 408 g/mol. The average molecular weight is 439 g/mol. The van der Waals surface area contributed by atoms with Crippen molar-refractivity contribution in [3.63, 3.8) is 0 Å². The first-order chi connectivity index (χ1) is 12.7. The zero-order valence-corrected chi connectivity index (χ0v) is 18.2. The summed E-state index contributed by atoms with van der Waals surface area (Å²) in [7, 11) is 0. The highest BCUT2D eigenvalue weighted by molar-refractivity contribution is 9.10. The van der Waals surface area contributed by atoms with Crippen LogP contribution in [0.4, 0.5) is 0 Å². The van der Waals surface area contributed by atoms with Crippen LogP contribution in [0.15, 0.2) is 22.9 Å². The number of piperidine rings is 1. The predicted molar refractivity (Wildman–Crippen MR) is 108 cm³/mol. The highest BCUT2D eigenvalue weighted by Crippen LogP contribution is 2.52. The molecule has 6 heteroatoms. The third-order valence-corrected chi connectivity index (χ3v) is 6.55. The minimum Gasteiger partial charge on any atom is -0.458 e. The lowest BCUT2D eigenvalue weighted by molar-refractivity contribution is -0.173. The van der Waals surface area contributed by atoms with Crippen molar-refractivity contribution in [3.8, 4) is 0 Å². The van der Waals surface area contributed by atoms with Crippen LogP contribution in [0.2, 0.25) is 0 Å². The first-order valence-electron chi connectivity index (χ1n) is 9.91. The molecule has 0 amide bonds. The standard InChI is InChI=1S/C21H31BrN2O3/c1-19(2,3)27-17(25)15-26-21(16-5-4-12-24-18(16)22)8-6-20(7-9-21)10-13-23-14-11-20/h4-5,12,23H,6-11,13-15H2,1-3H3. The maximum Gasteiger partial charge on any atom is 0.332 e. The van der Waals surface area contributed by atoms with Gasteiger partial charge in [-0.25, -0.2) is 9.78 Å². The molecular formula is C21H31BrN2O3. The Morgan fingerprint density at radius 3 is 2.44 bits per heavy atom. The SMILES string of the molecule is CC(C)(C)OC(=O)COC1(c2cccnc2Br)CCC2(CCNCC2)CC1. The molecule has 1 saturated carbocycles. The van der Waals surface area contributed by atoms with Gasteiger partial charge in [-0.1, -0.05) is 6.07 Å². The van der Waals surface area contributed by atoms with Gasteiger partial charge < -0.3 is 14.8 Å². The number of aromatic nitrogens is 1. The van der Waals surface area contributed by atoms with Crippen molar-refractivity contribution >= 4 is 21.9 Å². The number of nitrogens with zero attached hydrogens (tertiary/aromatic N) is 1. The fourth-order valence-electron chi connectivity index (χ4n) is 4.43. The van der Waals surface area contributed by atoms with Crippen LogP contribution in [-0.4, -0.2) is 36.3 Å². The number of carbonyl (C=O) groups excluding carboxylic acids is 1. The number of halogens is 1. The molecule has 1 aliphatic carbocycles. The van der Waals surface area contributed by atoms with Gasteiger partial charge in [-0.3, -0.25) is 0 Å². The van der Waals surface area contributed by atoms with Gasteiger partial charge in [-0.05, 0) is 99.8 Å². The highest BCUT2D eigenvalue weighted by atomic mass is 79.9. The van der Waals surface area contributed by atoms with Gasteiger partial charge >= 0.3 is 5.97 Å². The second-order valence-electron chi connectivity index (χ2n) is 8.96. The zero-order chi connectivity index (χ0) is 19.5. The monoisotopic (exact) mass is 438 g/mol. The van der Waals surface area contributed by atoms with Crippen molar-refractivity contribution in [2.75, 3.05) is 19.7 Å². The average Bonchev–Trinajstić information content (AvgIpc) is 2.62. The number of hydrogen-bond acceptors (Lipinski definition) is 5. The van der Waals surface area contributed by atoms with Crippen molar-refractivity contribution in [1.29, 1.82) is 0 Å². The molecule has 1 aromatic rings. The lowest BCUT2D eigenvalue weighted by atomic mass is 9.63. The fraction of sp³-hybridized carbons (Fsp3) is 0.714. The van der Waals surface area contributed by atoms with Crippen molar-refractivity contribution in [2.24, 2.45) is 5.41 Å². The number of esters is 1. The summed E-state index contributed by atoms with van der Waals surface area (Å²) in [5.74, 6) is -0.316. The second kappa shape index (κ2) is 8.18. The van der Waals surface area contributed by atoms with Crippen LogP contribution < -0.4 is 5.32 Å².